The average Bonchev–Trinajstić information content (AvgIpc) is 2.44. The number of rotatable bonds is 5. The third kappa shape index (κ3) is 2.94. The molecule has 1 aliphatic rings. The largest absolute Gasteiger partial charge is 0.382 e. The van der Waals surface area contributed by atoms with Crippen molar-refractivity contribution in [1.29, 1.82) is 0 Å². The maximum Gasteiger partial charge on any atom is 0.224 e. The molecule has 0 spiro atoms. The van der Waals surface area contributed by atoms with Crippen molar-refractivity contribution in [2.24, 2.45) is 5.73 Å². The Morgan fingerprint density at radius 3 is 2.79 bits per heavy atom. The Hall–Kier alpha value is -0.650. The molecule has 2 N–H and O–H groups in total. The fraction of sp³-hybridized carbons (Fsp3) is 0.889. The average molecular weight is 202 g/mol. The van der Waals surface area contributed by atoms with E-state index in [1.165, 1.54) is 0 Å². The maximum atomic E-state index is 11.4. The number of hydrogen-bond donors (Lipinski definition) is 1. The molecule has 1 amide bonds. The minimum absolute atomic E-state index is 0.0254. The number of carbonyl (C=O) groups excluding carboxylic acids is 1. The van der Waals surface area contributed by atoms with Crippen molar-refractivity contribution in [3.8, 4) is 0 Å². The van der Waals surface area contributed by atoms with E-state index in [0.717, 1.165) is 0 Å². The lowest BCUT2D eigenvalue weighted by Gasteiger charge is -2.22. The molecule has 1 saturated heterocycles. The van der Waals surface area contributed by atoms with Crippen LogP contribution in [0.2, 0.25) is 0 Å². The first kappa shape index (κ1) is 11.4. The SMILES string of the molecule is COCC(CN1CC(N)CC1=O)OC. The number of amides is 1. The van der Waals surface area contributed by atoms with Crippen molar-refractivity contribution >= 4 is 5.91 Å². The standard InChI is InChI=1S/C9H18N2O3/c1-13-6-8(14-2)5-11-4-7(10)3-9(11)12/h7-8H,3-6,10H2,1-2H3. The number of nitrogens with zero attached hydrogens (tertiary/aromatic N) is 1. The van der Waals surface area contributed by atoms with Gasteiger partial charge >= 0.3 is 0 Å². The zero-order valence-corrected chi connectivity index (χ0v) is 8.73. The molecule has 14 heavy (non-hydrogen) atoms. The summed E-state index contributed by atoms with van der Waals surface area (Å²) in [7, 11) is 3.23. The van der Waals surface area contributed by atoms with Crippen LogP contribution in [0.1, 0.15) is 6.42 Å². The van der Waals surface area contributed by atoms with Gasteiger partial charge in [0, 0.05) is 39.8 Å². The summed E-state index contributed by atoms with van der Waals surface area (Å²) in [5, 5.41) is 0. The van der Waals surface area contributed by atoms with E-state index in [-0.39, 0.29) is 18.1 Å². The van der Waals surface area contributed by atoms with Crippen molar-refractivity contribution in [2.45, 2.75) is 18.6 Å². The van der Waals surface area contributed by atoms with Gasteiger partial charge in [-0.3, -0.25) is 4.79 Å². The molecule has 1 rings (SSSR count). The van der Waals surface area contributed by atoms with Gasteiger partial charge in [-0.05, 0) is 0 Å². The van der Waals surface area contributed by atoms with Gasteiger partial charge in [0.2, 0.25) is 5.91 Å². The molecule has 0 aromatic carbocycles. The Labute approximate surface area is 84.1 Å². The number of carbonyl (C=O) groups is 1. The Kier molecular flexibility index (Phi) is 4.31. The summed E-state index contributed by atoms with van der Waals surface area (Å²) in [5.41, 5.74) is 5.67. The molecule has 0 aromatic rings. The molecule has 2 atom stereocenters. The summed E-state index contributed by atoms with van der Waals surface area (Å²) < 4.78 is 10.1. The molecule has 5 heteroatoms. The molecule has 0 aliphatic carbocycles. The second-order valence-corrected chi connectivity index (χ2v) is 3.58. The second kappa shape index (κ2) is 5.29. The van der Waals surface area contributed by atoms with Gasteiger partial charge < -0.3 is 20.1 Å². The van der Waals surface area contributed by atoms with Crippen LogP contribution < -0.4 is 5.73 Å². The minimum atomic E-state index is -0.0609. The molecular weight excluding hydrogens is 184 g/mol. The van der Waals surface area contributed by atoms with E-state index in [1.54, 1.807) is 19.1 Å². The van der Waals surface area contributed by atoms with E-state index < -0.39 is 0 Å². The highest BCUT2D eigenvalue weighted by molar-refractivity contribution is 5.79. The van der Waals surface area contributed by atoms with Gasteiger partial charge in [-0.25, -0.2) is 0 Å². The van der Waals surface area contributed by atoms with Crippen molar-refractivity contribution in [3.63, 3.8) is 0 Å². The van der Waals surface area contributed by atoms with Gasteiger partial charge in [-0.15, -0.1) is 0 Å². The normalized spacial score (nSPS) is 24.4. The Balaban J connectivity index is 2.38. The quantitative estimate of drug-likeness (QED) is 0.634. The molecule has 5 nitrogen and oxygen atoms in total. The van der Waals surface area contributed by atoms with Crippen LogP contribution in [0.15, 0.2) is 0 Å². The van der Waals surface area contributed by atoms with Gasteiger partial charge in [-0.1, -0.05) is 0 Å². The first-order valence-electron chi connectivity index (χ1n) is 4.72. The highest BCUT2D eigenvalue weighted by Crippen LogP contribution is 2.10. The lowest BCUT2D eigenvalue weighted by molar-refractivity contribution is -0.129. The first-order valence-corrected chi connectivity index (χ1v) is 4.72. The Bertz CT molecular complexity index is 198. The monoisotopic (exact) mass is 202 g/mol. The van der Waals surface area contributed by atoms with Gasteiger partial charge in [0.05, 0.1) is 12.7 Å². The number of nitrogens with two attached hydrogens (primary N) is 1. The van der Waals surface area contributed by atoms with Crippen molar-refractivity contribution < 1.29 is 14.3 Å². The zero-order chi connectivity index (χ0) is 10.6. The third-order valence-electron chi connectivity index (χ3n) is 2.35. The van der Waals surface area contributed by atoms with Crippen LogP contribution in [0.3, 0.4) is 0 Å². The molecule has 2 unspecified atom stereocenters. The second-order valence-electron chi connectivity index (χ2n) is 3.58. The highest BCUT2D eigenvalue weighted by atomic mass is 16.5. The van der Waals surface area contributed by atoms with Gasteiger partial charge in [-0.2, -0.15) is 0 Å². The molecular formula is C9H18N2O3. The summed E-state index contributed by atoms with van der Waals surface area (Å²) in [6.45, 7) is 1.69. The number of ether oxygens (including phenoxy) is 2. The van der Waals surface area contributed by atoms with Crippen LogP contribution in [-0.4, -0.2) is 56.9 Å². The summed E-state index contributed by atoms with van der Waals surface area (Å²) in [6.07, 6.45) is 0.387. The fourth-order valence-corrected chi connectivity index (χ4v) is 1.61. The maximum absolute atomic E-state index is 11.4. The van der Waals surface area contributed by atoms with Gasteiger partial charge in [0.15, 0.2) is 0 Å². The van der Waals surface area contributed by atoms with E-state index in [1.807, 2.05) is 0 Å². The fourth-order valence-electron chi connectivity index (χ4n) is 1.61. The first-order chi connectivity index (χ1) is 6.67. The van der Waals surface area contributed by atoms with Gasteiger partial charge in [0.25, 0.3) is 0 Å². The van der Waals surface area contributed by atoms with Crippen LogP contribution in [0.25, 0.3) is 0 Å². The van der Waals surface area contributed by atoms with E-state index in [9.17, 15) is 4.79 Å². The molecule has 0 radical (unpaired) electrons. The lowest BCUT2D eigenvalue weighted by Crippen LogP contribution is -2.37. The molecule has 1 aliphatic heterocycles. The smallest absolute Gasteiger partial charge is 0.224 e. The minimum Gasteiger partial charge on any atom is -0.382 e. The Morgan fingerprint density at radius 1 is 1.64 bits per heavy atom. The Morgan fingerprint density at radius 2 is 2.36 bits per heavy atom. The molecule has 1 heterocycles. The predicted octanol–water partition coefficient (Wildman–Crippen LogP) is -0.793. The van der Waals surface area contributed by atoms with Crippen molar-refractivity contribution in [1.82, 2.24) is 4.90 Å². The number of likely N-dealkylation sites (tertiary alicyclic amines) is 1. The van der Waals surface area contributed by atoms with Crippen LogP contribution in [-0.2, 0) is 14.3 Å². The lowest BCUT2D eigenvalue weighted by atomic mass is 10.3. The van der Waals surface area contributed by atoms with Crippen molar-refractivity contribution in [3.05, 3.63) is 0 Å². The van der Waals surface area contributed by atoms with Crippen LogP contribution in [0, 0.1) is 0 Å². The summed E-state index contributed by atoms with van der Waals surface area (Å²) in [5.74, 6) is 0.107. The summed E-state index contributed by atoms with van der Waals surface area (Å²) in [6, 6.07) is -0.0254. The van der Waals surface area contributed by atoms with Gasteiger partial charge in [0.1, 0.15) is 0 Å². The van der Waals surface area contributed by atoms with Crippen LogP contribution in [0.5, 0.6) is 0 Å². The van der Waals surface area contributed by atoms with E-state index in [2.05, 4.69) is 0 Å². The molecule has 1 fully saturated rings. The van der Waals surface area contributed by atoms with E-state index in [4.69, 9.17) is 15.2 Å². The number of methoxy groups -OCH3 is 2. The zero-order valence-electron chi connectivity index (χ0n) is 8.73. The molecule has 0 bridgehead atoms. The van der Waals surface area contributed by atoms with E-state index in [0.29, 0.717) is 26.1 Å². The predicted molar refractivity (Wildman–Crippen MR) is 51.8 cm³/mol. The highest BCUT2D eigenvalue weighted by Gasteiger charge is 2.28. The van der Waals surface area contributed by atoms with Crippen LogP contribution >= 0.6 is 0 Å². The molecule has 82 valence electrons. The molecule has 0 saturated carbocycles. The van der Waals surface area contributed by atoms with E-state index >= 15 is 0 Å². The van der Waals surface area contributed by atoms with Crippen molar-refractivity contribution in [2.75, 3.05) is 33.9 Å². The molecule has 0 aromatic heterocycles. The summed E-state index contributed by atoms with van der Waals surface area (Å²) in [4.78, 5) is 13.1. The topological polar surface area (TPSA) is 64.8 Å². The summed E-state index contributed by atoms with van der Waals surface area (Å²) >= 11 is 0. The van der Waals surface area contributed by atoms with Crippen LogP contribution in [0.4, 0.5) is 0 Å². The third-order valence-corrected chi connectivity index (χ3v) is 2.35. The number of hydrogen-bond acceptors (Lipinski definition) is 4.